The zero-order valence-electron chi connectivity index (χ0n) is 11.0. The summed E-state index contributed by atoms with van der Waals surface area (Å²) in [6.07, 6.45) is 0.738. The average molecular weight is 346 g/mol. The first kappa shape index (κ1) is 15.8. The fourth-order valence-electron chi connectivity index (χ4n) is 1.67. The summed E-state index contributed by atoms with van der Waals surface area (Å²) in [4.78, 5) is 12.1. The number of benzene rings is 1. The zero-order valence-corrected chi connectivity index (χ0v) is 13.3. The Kier molecular flexibility index (Phi) is 4.55. The smallest absolute Gasteiger partial charge is 0.337 e. The van der Waals surface area contributed by atoms with Crippen molar-refractivity contribution in [2.24, 2.45) is 0 Å². The van der Waals surface area contributed by atoms with E-state index in [-0.39, 0.29) is 20.5 Å². The number of carbonyl (C=O) groups is 1. The summed E-state index contributed by atoms with van der Waals surface area (Å²) in [5.74, 6) is -1.25. The Hall–Kier alpha value is -1.57. The van der Waals surface area contributed by atoms with Crippen LogP contribution in [0.5, 0.6) is 0 Å². The lowest BCUT2D eigenvalue weighted by molar-refractivity contribution is 0.0698. The Morgan fingerprint density at radius 2 is 2.05 bits per heavy atom. The van der Waals surface area contributed by atoms with Gasteiger partial charge in [-0.2, -0.15) is 0 Å². The van der Waals surface area contributed by atoms with Gasteiger partial charge in [-0.3, -0.25) is 4.72 Å². The Bertz CT molecular complexity index is 783. The van der Waals surface area contributed by atoms with E-state index in [0.717, 1.165) is 22.6 Å². The molecule has 0 bridgehead atoms. The molecule has 0 aliphatic heterocycles. The van der Waals surface area contributed by atoms with E-state index < -0.39 is 16.0 Å². The monoisotopic (exact) mass is 345 g/mol. The van der Waals surface area contributed by atoms with E-state index in [1.54, 1.807) is 6.07 Å². The third-order valence-electron chi connectivity index (χ3n) is 2.71. The van der Waals surface area contributed by atoms with Crippen molar-refractivity contribution in [2.45, 2.75) is 17.6 Å². The highest BCUT2D eigenvalue weighted by Gasteiger charge is 2.20. The highest BCUT2D eigenvalue weighted by atomic mass is 35.5. The van der Waals surface area contributed by atoms with Crippen molar-refractivity contribution in [3.8, 4) is 0 Å². The van der Waals surface area contributed by atoms with Crippen molar-refractivity contribution in [1.29, 1.82) is 0 Å². The molecular formula is C13H12ClNO4S2. The molecule has 112 valence electrons. The SMILES string of the molecule is CCc1ccc(S(=O)(=O)Nc2ccc(Cl)cc2C(=O)O)s1. The largest absolute Gasteiger partial charge is 0.478 e. The van der Waals surface area contributed by atoms with Gasteiger partial charge in [0.25, 0.3) is 10.0 Å². The maximum Gasteiger partial charge on any atom is 0.337 e. The Morgan fingerprint density at radius 3 is 2.62 bits per heavy atom. The molecule has 2 aromatic rings. The lowest BCUT2D eigenvalue weighted by Gasteiger charge is -2.09. The van der Waals surface area contributed by atoms with Crippen LogP contribution in [0.15, 0.2) is 34.5 Å². The lowest BCUT2D eigenvalue weighted by Crippen LogP contribution is -2.14. The topological polar surface area (TPSA) is 83.5 Å². The van der Waals surface area contributed by atoms with Crippen LogP contribution < -0.4 is 4.72 Å². The van der Waals surface area contributed by atoms with Crippen LogP contribution in [0.25, 0.3) is 0 Å². The number of hydrogen-bond donors (Lipinski definition) is 2. The van der Waals surface area contributed by atoms with E-state index in [4.69, 9.17) is 16.7 Å². The molecule has 1 aromatic heterocycles. The minimum absolute atomic E-state index is 0.0154. The third kappa shape index (κ3) is 3.55. The number of anilines is 1. The molecular weight excluding hydrogens is 334 g/mol. The highest BCUT2D eigenvalue weighted by molar-refractivity contribution is 7.94. The number of hydrogen-bond acceptors (Lipinski definition) is 4. The fourth-order valence-corrected chi connectivity index (χ4v) is 4.22. The van der Waals surface area contributed by atoms with Crippen LogP contribution in [0, 0.1) is 0 Å². The number of rotatable bonds is 5. The third-order valence-corrected chi connectivity index (χ3v) is 6.03. The van der Waals surface area contributed by atoms with Gasteiger partial charge in [0.05, 0.1) is 11.3 Å². The molecule has 0 atom stereocenters. The van der Waals surface area contributed by atoms with Gasteiger partial charge in [0.1, 0.15) is 4.21 Å². The highest BCUT2D eigenvalue weighted by Crippen LogP contribution is 2.27. The second-order valence-corrected chi connectivity index (χ2v) is 7.69. The molecule has 21 heavy (non-hydrogen) atoms. The number of aromatic carboxylic acids is 1. The summed E-state index contributed by atoms with van der Waals surface area (Å²) in [5, 5.41) is 9.33. The molecule has 8 heteroatoms. The first-order valence-electron chi connectivity index (χ1n) is 5.98. The van der Waals surface area contributed by atoms with Gasteiger partial charge in [-0.15, -0.1) is 11.3 Å². The zero-order chi connectivity index (χ0) is 15.6. The van der Waals surface area contributed by atoms with Crippen molar-refractivity contribution in [1.82, 2.24) is 0 Å². The number of thiophene rings is 1. The van der Waals surface area contributed by atoms with Gasteiger partial charge in [0.2, 0.25) is 0 Å². The number of carboxylic acids is 1. The maximum absolute atomic E-state index is 12.3. The molecule has 0 radical (unpaired) electrons. The molecule has 1 heterocycles. The number of halogens is 1. The second-order valence-electron chi connectivity index (χ2n) is 4.17. The van der Waals surface area contributed by atoms with Gasteiger partial charge in [-0.25, -0.2) is 13.2 Å². The van der Waals surface area contributed by atoms with Crippen LogP contribution in [-0.2, 0) is 16.4 Å². The fraction of sp³-hybridized carbons (Fsp3) is 0.154. The van der Waals surface area contributed by atoms with Crippen LogP contribution in [-0.4, -0.2) is 19.5 Å². The van der Waals surface area contributed by atoms with Crippen molar-refractivity contribution < 1.29 is 18.3 Å². The van der Waals surface area contributed by atoms with E-state index in [2.05, 4.69) is 4.72 Å². The number of sulfonamides is 1. The van der Waals surface area contributed by atoms with E-state index in [1.807, 2.05) is 6.92 Å². The van der Waals surface area contributed by atoms with E-state index in [0.29, 0.717) is 0 Å². The van der Waals surface area contributed by atoms with E-state index in [9.17, 15) is 13.2 Å². The summed E-state index contributed by atoms with van der Waals surface area (Å²) >= 11 is 6.89. The normalized spacial score (nSPS) is 11.3. The van der Waals surface area contributed by atoms with Gasteiger partial charge in [-0.1, -0.05) is 18.5 Å². The van der Waals surface area contributed by atoms with Crippen molar-refractivity contribution in [3.63, 3.8) is 0 Å². The molecule has 2 rings (SSSR count). The minimum atomic E-state index is -3.81. The molecule has 0 saturated carbocycles. The number of nitrogens with one attached hydrogen (secondary N) is 1. The van der Waals surface area contributed by atoms with Crippen LogP contribution in [0.1, 0.15) is 22.2 Å². The standard InChI is InChI=1S/C13H12ClNO4S2/c1-2-9-4-6-12(20-9)21(18,19)15-11-5-3-8(14)7-10(11)13(16)17/h3-7,15H,2H2,1H3,(H,16,17). The van der Waals surface area contributed by atoms with Crippen LogP contribution >= 0.6 is 22.9 Å². The average Bonchev–Trinajstić information content (AvgIpc) is 2.90. The first-order chi connectivity index (χ1) is 9.83. The van der Waals surface area contributed by atoms with E-state index >= 15 is 0 Å². The maximum atomic E-state index is 12.3. The molecule has 0 aliphatic rings. The van der Waals surface area contributed by atoms with Crippen LogP contribution in [0.2, 0.25) is 5.02 Å². The van der Waals surface area contributed by atoms with Gasteiger partial charge in [0.15, 0.2) is 0 Å². The predicted molar refractivity (Wildman–Crippen MR) is 82.9 cm³/mol. The number of aryl methyl sites for hydroxylation is 1. The summed E-state index contributed by atoms with van der Waals surface area (Å²) in [7, 11) is -3.81. The summed E-state index contributed by atoms with van der Waals surface area (Å²) in [6.45, 7) is 1.93. The molecule has 5 nitrogen and oxygen atoms in total. The lowest BCUT2D eigenvalue weighted by atomic mass is 10.2. The Balaban J connectivity index is 2.39. The van der Waals surface area contributed by atoms with Gasteiger partial charge < -0.3 is 5.11 Å². The second kappa shape index (κ2) is 6.05. The van der Waals surface area contributed by atoms with Gasteiger partial charge >= 0.3 is 5.97 Å². The van der Waals surface area contributed by atoms with Crippen molar-refractivity contribution in [2.75, 3.05) is 4.72 Å². The molecule has 0 saturated heterocycles. The van der Waals surface area contributed by atoms with Gasteiger partial charge in [-0.05, 0) is 36.8 Å². The molecule has 2 N–H and O–H groups in total. The van der Waals surface area contributed by atoms with Crippen molar-refractivity contribution in [3.05, 3.63) is 45.8 Å². The van der Waals surface area contributed by atoms with Crippen molar-refractivity contribution >= 4 is 44.6 Å². The summed E-state index contributed by atoms with van der Waals surface area (Å²) in [5.41, 5.74) is -0.211. The summed E-state index contributed by atoms with van der Waals surface area (Å²) in [6, 6.07) is 7.20. The Labute approximate surface area is 131 Å². The Morgan fingerprint density at radius 1 is 1.33 bits per heavy atom. The molecule has 0 amide bonds. The summed E-state index contributed by atoms with van der Waals surface area (Å²) < 4.78 is 27.0. The molecule has 0 unspecified atom stereocenters. The molecule has 0 fully saturated rings. The number of carboxylic acid groups (broad SMARTS) is 1. The molecule has 1 aromatic carbocycles. The van der Waals surface area contributed by atoms with Crippen LogP contribution in [0.4, 0.5) is 5.69 Å². The molecule has 0 aliphatic carbocycles. The minimum Gasteiger partial charge on any atom is -0.478 e. The molecule has 0 spiro atoms. The van der Waals surface area contributed by atoms with Gasteiger partial charge in [0, 0.05) is 9.90 Å². The quantitative estimate of drug-likeness (QED) is 0.869. The predicted octanol–water partition coefficient (Wildman–Crippen LogP) is 3.46. The van der Waals surface area contributed by atoms with Crippen LogP contribution in [0.3, 0.4) is 0 Å². The first-order valence-corrected chi connectivity index (χ1v) is 8.65. The van der Waals surface area contributed by atoms with E-state index in [1.165, 1.54) is 24.3 Å².